The third-order valence-electron chi connectivity index (χ3n) is 5.28. The van der Waals surface area contributed by atoms with Crippen molar-refractivity contribution in [3.05, 3.63) is 58.6 Å². The highest BCUT2D eigenvalue weighted by atomic mass is 32.2. The van der Waals surface area contributed by atoms with Crippen LogP contribution >= 0.6 is 11.9 Å². The number of aromatic nitrogens is 1. The number of fused-ring (bicyclic) bond motifs is 1. The molecule has 1 aliphatic heterocycles. The van der Waals surface area contributed by atoms with E-state index in [2.05, 4.69) is 11.4 Å². The van der Waals surface area contributed by atoms with Gasteiger partial charge in [0.15, 0.2) is 5.58 Å². The number of aryl methyl sites for hydroxylation is 2. The van der Waals surface area contributed by atoms with E-state index in [4.69, 9.17) is 14.8 Å². The van der Waals surface area contributed by atoms with Crippen molar-refractivity contribution in [2.45, 2.75) is 43.9 Å². The normalized spacial score (nSPS) is 16.4. The molecule has 30 heavy (non-hydrogen) atoms. The summed E-state index contributed by atoms with van der Waals surface area (Å²) in [6.07, 6.45) is 6.55. The van der Waals surface area contributed by atoms with Crippen molar-refractivity contribution in [3.8, 4) is 17.2 Å². The molecule has 158 valence electrons. The first kappa shape index (κ1) is 22.2. The Labute approximate surface area is 181 Å². The number of nitrogens with two attached hydrogens (primary N) is 1. The molecule has 1 atom stereocenters. The lowest BCUT2D eigenvalue weighted by Crippen LogP contribution is -2.26. The van der Waals surface area contributed by atoms with Gasteiger partial charge in [-0.1, -0.05) is 55.1 Å². The quantitative estimate of drug-likeness (QED) is 0.605. The largest absolute Gasteiger partial charge is 0.419 e. The Hall–Kier alpha value is -2.53. The predicted molar refractivity (Wildman–Crippen MR) is 123 cm³/mol. The van der Waals surface area contributed by atoms with Crippen LogP contribution in [0.2, 0.25) is 0 Å². The Balaban J connectivity index is 0.000000239. The molecule has 0 radical (unpaired) electrons. The Morgan fingerprint density at radius 3 is 2.70 bits per heavy atom. The monoisotopic (exact) mass is 424 g/mol. The molecule has 1 aromatic heterocycles. The average Bonchev–Trinajstić information content (AvgIpc) is 2.95. The van der Waals surface area contributed by atoms with Gasteiger partial charge in [-0.25, -0.2) is 4.79 Å². The van der Waals surface area contributed by atoms with Crippen LogP contribution in [0.5, 0.6) is 0 Å². The van der Waals surface area contributed by atoms with E-state index in [9.17, 15) is 4.79 Å². The molecule has 1 unspecified atom stereocenters. The summed E-state index contributed by atoms with van der Waals surface area (Å²) in [4.78, 5) is 11.5. The van der Waals surface area contributed by atoms with E-state index in [1.54, 1.807) is 7.05 Å². The fraction of sp³-hybridized carbons (Fsp3) is 0.391. The fourth-order valence-corrected chi connectivity index (χ4v) is 4.00. The third kappa shape index (κ3) is 5.76. The van der Waals surface area contributed by atoms with Crippen molar-refractivity contribution in [2.24, 2.45) is 12.2 Å². The third-order valence-corrected chi connectivity index (χ3v) is 6.01. The highest BCUT2D eigenvalue weighted by molar-refractivity contribution is 7.97. The highest BCUT2D eigenvalue weighted by Crippen LogP contribution is 2.24. The van der Waals surface area contributed by atoms with E-state index in [1.807, 2.05) is 42.5 Å². The summed E-state index contributed by atoms with van der Waals surface area (Å²) < 4.78 is 6.63. The molecule has 4 rings (SSSR count). The second kappa shape index (κ2) is 11.0. The van der Waals surface area contributed by atoms with Crippen molar-refractivity contribution >= 4 is 23.0 Å². The predicted octanol–water partition coefficient (Wildman–Crippen LogP) is 4.34. The van der Waals surface area contributed by atoms with Gasteiger partial charge in [0.05, 0.1) is 17.0 Å². The summed E-state index contributed by atoms with van der Waals surface area (Å²) in [6.45, 7) is 1.15. The molecule has 6 nitrogen and oxygen atoms in total. The maximum Gasteiger partial charge on any atom is 0.419 e. The molecule has 1 saturated heterocycles. The summed E-state index contributed by atoms with van der Waals surface area (Å²) in [7, 11) is 1.70. The van der Waals surface area contributed by atoms with Gasteiger partial charge in [-0.3, -0.25) is 9.71 Å². The second-order valence-corrected chi connectivity index (χ2v) is 8.23. The van der Waals surface area contributed by atoms with Gasteiger partial charge in [-0.15, -0.1) is 0 Å². The maximum absolute atomic E-state index is 11.5. The van der Waals surface area contributed by atoms with Crippen LogP contribution in [0.3, 0.4) is 0 Å². The number of hydrogen-bond donors (Lipinski definition) is 2. The Bertz CT molecular complexity index is 1040. The van der Waals surface area contributed by atoms with Crippen molar-refractivity contribution in [1.29, 1.82) is 5.26 Å². The van der Waals surface area contributed by atoms with Crippen LogP contribution in [0.15, 0.2) is 51.7 Å². The Kier molecular flexibility index (Phi) is 8.14. The summed E-state index contributed by atoms with van der Waals surface area (Å²) in [5.74, 6) is -0.353. The van der Waals surface area contributed by atoms with E-state index in [0.29, 0.717) is 17.4 Å². The van der Waals surface area contributed by atoms with Gasteiger partial charge in [0.2, 0.25) is 0 Å². The van der Waals surface area contributed by atoms with Crippen LogP contribution in [0.4, 0.5) is 0 Å². The van der Waals surface area contributed by atoms with E-state index in [1.165, 1.54) is 42.2 Å². The molecule has 0 amide bonds. The molecule has 7 heteroatoms. The zero-order valence-electron chi connectivity index (χ0n) is 17.3. The van der Waals surface area contributed by atoms with Crippen LogP contribution in [0, 0.1) is 11.3 Å². The van der Waals surface area contributed by atoms with Crippen LogP contribution in [0.25, 0.3) is 22.2 Å². The number of nitriles is 1. The minimum Gasteiger partial charge on any atom is -0.408 e. The van der Waals surface area contributed by atoms with Crippen molar-refractivity contribution in [3.63, 3.8) is 0 Å². The summed E-state index contributed by atoms with van der Waals surface area (Å²) in [5.41, 5.74) is 4.64. The van der Waals surface area contributed by atoms with E-state index in [0.717, 1.165) is 35.2 Å². The van der Waals surface area contributed by atoms with Crippen LogP contribution in [0.1, 0.15) is 37.7 Å². The fourth-order valence-electron chi connectivity index (χ4n) is 3.48. The molecule has 2 heterocycles. The van der Waals surface area contributed by atoms with E-state index >= 15 is 0 Å². The topological polar surface area (TPSA) is 97.0 Å². The summed E-state index contributed by atoms with van der Waals surface area (Å²) in [6, 6.07) is 16.0. The molecule has 0 bridgehead atoms. The van der Waals surface area contributed by atoms with E-state index in [-0.39, 0.29) is 5.76 Å². The molecule has 0 aliphatic carbocycles. The van der Waals surface area contributed by atoms with Gasteiger partial charge in [-0.2, -0.15) is 5.26 Å². The average molecular weight is 425 g/mol. The molecular weight excluding hydrogens is 396 g/mol. The Morgan fingerprint density at radius 1 is 1.20 bits per heavy atom. The molecule has 3 aromatic rings. The lowest BCUT2D eigenvalue weighted by Gasteiger charge is -2.10. The first-order valence-electron chi connectivity index (χ1n) is 10.3. The lowest BCUT2D eigenvalue weighted by atomic mass is 10.0. The molecule has 0 saturated carbocycles. The Morgan fingerprint density at radius 2 is 1.97 bits per heavy atom. The number of benzene rings is 2. The SMILES string of the molecule is Cn1c(=O)oc2ccc(-c3ccc(CCC#N)cc3)cc21.NSC1CCCCCN1. The smallest absolute Gasteiger partial charge is 0.408 e. The van der Waals surface area contributed by atoms with Gasteiger partial charge in [0.1, 0.15) is 0 Å². The van der Waals surface area contributed by atoms with Crippen molar-refractivity contribution in [2.75, 3.05) is 6.54 Å². The van der Waals surface area contributed by atoms with Crippen LogP contribution in [-0.4, -0.2) is 16.5 Å². The lowest BCUT2D eigenvalue weighted by molar-refractivity contribution is 0.528. The van der Waals surface area contributed by atoms with Gasteiger partial charge in [0, 0.05) is 13.5 Å². The molecule has 1 fully saturated rings. The summed E-state index contributed by atoms with van der Waals surface area (Å²) in [5, 5.41) is 17.9. The standard InChI is InChI=1S/C17H14N2O2.C6H14N2S/c1-19-15-11-14(8-9-16(15)21-17(19)20)13-6-4-12(5-7-13)3-2-10-18;7-9-6-4-2-1-3-5-8-6/h4-9,11H,2-3H2,1H3;6,8H,1-5,7H2. The zero-order valence-corrected chi connectivity index (χ0v) is 18.1. The van der Waals surface area contributed by atoms with Gasteiger partial charge in [-0.05, 0) is 54.6 Å². The van der Waals surface area contributed by atoms with Gasteiger partial charge < -0.3 is 9.73 Å². The highest BCUT2D eigenvalue weighted by Gasteiger charge is 2.09. The van der Waals surface area contributed by atoms with Gasteiger partial charge >= 0.3 is 5.76 Å². The number of oxazole rings is 1. The minimum atomic E-state index is -0.353. The first-order chi connectivity index (χ1) is 14.6. The summed E-state index contributed by atoms with van der Waals surface area (Å²) >= 11 is 1.45. The number of nitrogens with one attached hydrogen (secondary N) is 1. The molecule has 3 N–H and O–H groups in total. The van der Waals surface area contributed by atoms with Crippen molar-refractivity contribution in [1.82, 2.24) is 9.88 Å². The molecular formula is C23H28N4O2S. The first-order valence-corrected chi connectivity index (χ1v) is 11.2. The minimum absolute atomic E-state index is 0.353. The molecule has 2 aromatic carbocycles. The molecule has 0 spiro atoms. The van der Waals surface area contributed by atoms with Crippen molar-refractivity contribution < 1.29 is 4.42 Å². The number of hydrogen-bond acceptors (Lipinski definition) is 6. The zero-order chi connectivity index (χ0) is 21.3. The van der Waals surface area contributed by atoms with Crippen LogP contribution < -0.4 is 16.2 Å². The number of nitrogens with zero attached hydrogens (tertiary/aromatic N) is 2. The second-order valence-electron chi connectivity index (χ2n) is 7.39. The molecule has 1 aliphatic rings. The number of rotatable bonds is 4. The maximum atomic E-state index is 11.5. The van der Waals surface area contributed by atoms with E-state index < -0.39 is 0 Å². The van der Waals surface area contributed by atoms with Crippen LogP contribution in [-0.2, 0) is 13.5 Å². The van der Waals surface area contributed by atoms with Gasteiger partial charge in [0.25, 0.3) is 0 Å².